The number of hydrogen-bond acceptors (Lipinski definition) is 5. The van der Waals surface area contributed by atoms with Crippen molar-refractivity contribution in [3.05, 3.63) is 64.7 Å². The molecule has 0 bridgehead atoms. The van der Waals surface area contributed by atoms with Crippen molar-refractivity contribution < 1.29 is 4.79 Å². The van der Waals surface area contributed by atoms with Crippen LogP contribution in [0.15, 0.2) is 53.4 Å². The number of para-hydroxylation sites is 2. The van der Waals surface area contributed by atoms with Gasteiger partial charge in [0.15, 0.2) is 0 Å². The van der Waals surface area contributed by atoms with Gasteiger partial charge in [-0.25, -0.2) is 9.97 Å². The van der Waals surface area contributed by atoms with Crippen LogP contribution in [0.4, 0.5) is 0 Å². The van der Waals surface area contributed by atoms with Crippen LogP contribution in [0.3, 0.4) is 0 Å². The molecule has 4 rings (SSSR count). The number of thioether (sulfide) groups is 1. The number of rotatable bonds is 3. The second kappa shape index (κ2) is 6.97. The van der Waals surface area contributed by atoms with Crippen molar-refractivity contribution in [3.63, 3.8) is 0 Å². The van der Waals surface area contributed by atoms with E-state index in [0.717, 1.165) is 40.0 Å². The number of amides is 1. The third-order valence-electron chi connectivity index (χ3n) is 4.08. The highest BCUT2D eigenvalue weighted by Gasteiger charge is 2.22. The maximum Gasteiger partial charge on any atom is 0.263 e. The standard InChI is InChI=1S/C20H15N3OS2/c1-2-14-18(22-16-9-4-3-8-15(16)21-14)13-7-5-6-12(10-13)11-17-19(24)23-20(25)26-17/h3-11H,2H2,1H3,(H,23,24,25)/b17-11-. The van der Waals surface area contributed by atoms with E-state index >= 15 is 0 Å². The fourth-order valence-electron chi connectivity index (χ4n) is 2.86. The molecule has 6 heteroatoms. The number of nitrogens with zero attached hydrogens (tertiary/aromatic N) is 2. The molecule has 0 saturated carbocycles. The van der Waals surface area contributed by atoms with Crippen LogP contribution < -0.4 is 5.32 Å². The minimum Gasteiger partial charge on any atom is -0.307 e. The summed E-state index contributed by atoms with van der Waals surface area (Å²) in [5.74, 6) is -0.148. The first-order valence-electron chi connectivity index (χ1n) is 8.25. The highest BCUT2D eigenvalue weighted by molar-refractivity contribution is 8.26. The summed E-state index contributed by atoms with van der Waals surface area (Å²) in [6, 6.07) is 15.9. The predicted octanol–water partition coefficient (Wildman–Crippen LogP) is 4.35. The monoisotopic (exact) mass is 377 g/mol. The van der Waals surface area contributed by atoms with Crippen LogP contribution in [-0.2, 0) is 11.2 Å². The van der Waals surface area contributed by atoms with Gasteiger partial charge in [-0.3, -0.25) is 4.79 Å². The SMILES string of the molecule is CCc1nc2ccccc2nc1-c1cccc(/C=C2\SC(=S)NC2=O)c1. The van der Waals surface area contributed by atoms with E-state index in [2.05, 4.69) is 12.2 Å². The Morgan fingerprint density at radius 1 is 1.12 bits per heavy atom. The molecule has 1 saturated heterocycles. The van der Waals surface area contributed by atoms with E-state index in [1.54, 1.807) is 0 Å². The lowest BCUT2D eigenvalue weighted by atomic mass is 10.0. The average molecular weight is 377 g/mol. The fraction of sp³-hybridized carbons (Fsp3) is 0.100. The molecule has 1 aliphatic heterocycles. The smallest absolute Gasteiger partial charge is 0.263 e. The highest BCUT2D eigenvalue weighted by Crippen LogP contribution is 2.28. The van der Waals surface area contributed by atoms with Crippen LogP contribution in [0.1, 0.15) is 18.2 Å². The summed E-state index contributed by atoms with van der Waals surface area (Å²) in [6.07, 6.45) is 2.65. The summed E-state index contributed by atoms with van der Waals surface area (Å²) in [5.41, 5.74) is 5.54. The van der Waals surface area contributed by atoms with Gasteiger partial charge in [-0.2, -0.15) is 0 Å². The highest BCUT2D eigenvalue weighted by atomic mass is 32.2. The molecule has 26 heavy (non-hydrogen) atoms. The summed E-state index contributed by atoms with van der Waals surface area (Å²) < 4.78 is 0.492. The molecule has 1 amide bonds. The van der Waals surface area contributed by atoms with E-state index < -0.39 is 0 Å². The summed E-state index contributed by atoms with van der Waals surface area (Å²) in [4.78, 5) is 22.1. The van der Waals surface area contributed by atoms with Crippen LogP contribution >= 0.6 is 24.0 Å². The minimum absolute atomic E-state index is 0.148. The minimum atomic E-state index is -0.148. The number of fused-ring (bicyclic) bond motifs is 1. The van der Waals surface area contributed by atoms with Gasteiger partial charge >= 0.3 is 0 Å². The number of aromatic nitrogens is 2. The summed E-state index contributed by atoms with van der Waals surface area (Å²) in [7, 11) is 0. The van der Waals surface area contributed by atoms with Gasteiger partial charge < -0.3 is 5.32 Å². The van der Waals surface area contributed by atoms with Gasteiger partial charge in [-0.15, -0.1) is 0 Å². The molecule has 4 nitrogen and oxygen atoms in total. The maximum atomic E-state index is 11.9. The zero-order chi connectivity index (χ0) is 18.1. The number of hydrogen-bond donors (Lipinski definition) is 1. The molecule has 0 radical (unpaired) electrons. The molecule has 3 aromatic rings. The number of benzene rings is 2. The first-order valence-corrected chi connectivity index (χ1v) is 9.47. The van der Waals surface area contributed by atoms with Gasteiger partial charge in [0, 0.05) is 5.56 Å². The molecule has 1 aromatic heterocycles. The molecule has 0 aliphatic carbocycles. The van der Waals surface area contributed by atoms with Gasteiger partial charge in [-0.1, -0.05) is 61.2 Å². The summed E-state index contributed by atoms with van der Waals surface area (Å²) >= 11 is 6.32. The lowest BCUT2D eigenvalue weighted by molar-refractivity contribution is -0.115. The molecule has 2 heterocycles. The van der Waals surface area contributed by atoms with Gasteiger partial charge in [0.2, 0.25) is 0 Å². The van der Waals surface area contributed by atoms with E-state index in [-0.39, 0.29) is 5.91 Å². The fourth-order valence-corrected chi connectivity index (χ4v) is 3.91. The molecule has 1 N–H and O–H groups in total. The topological polar surface area (TPSA) is 54.9 Å². The third kappa shape index (κ3) is 3.25. The normalized spacial score (nSPS) is 15.7. The number of nitrogens with one attached hydrogen (secondary N) is 1. The third-order valence-corrected chi connectivity index (χ3v) is 5.24. The Balaban J connectivity index is 1.79. The molecule has 0 atom stereocenters. The lowest BCUT2D eigenvalue weighted by Crippen LogP contribution is -2.17. The number of carbonyl (C=O) groups excluding carboxylic acids is 1. The van der Waals surface area contributed by atoms with Crippen molar-refractivity contribution in [1.82, 2.24) is 15.3 Å². The molecular formula is C20H15N3OS2. The van der Waals surface area contributed by atoms with Crippen LogP contribution in [0.5, 0.6) is 0 Å². The first-order chi connectivity index (χ1) is 12.6. The average Bonchev–Trinajstić information content (AvgIpc) is 2.97. The Bertz CT molecular complexity index is 1080. The molecular weight excluding hydrogens is 362 g/mol. The van der Waals surface area contributed by atoms with Gasteiger partial charge in [0.25, 0.3) is 5.91 Å². The predicted molar refractivity (Wildman–Crippen MR) is 111 cm³/mol. The van der Waals surface area contributed by atoms with Crippen molar-refractivity contribution >= 4 is 51.3 Å². The Hall–Kier alpha value is -2.57. The summed E-state index contributed by atoms with van der Waals surface area (Å²) in [5, 5.41) is 2.64. The molecule has 0 unspecified atom stereocenters. The van der Waals surface area contributed by atoms with Crippen LogP contribution in [-0.4, -0.2) is 20.2 Å². The van der Waals surface area contributed by atoms with Crippen molar-refractivity contribution in [2.45, 2.75) is 13.3 Å². The maximum absolute atomic E-state index is 11.9. The molecule has 1 aliphatic rings. The number of thiocarbonyl (C=S) groups is 1. The molecule has 1 fully saturated rings. The Labute approximate surface area is 160 Å². The molecule has 2 aromatic carbocycles. The number of carbonyl (C=O) groups is 1. The number of aryl methyl sites for hydroxylation is 1. The van der Waals surface area contributed by atoms with Gasteiger partial charge in [-0.05, 0) is 36.3 Å². The molecule has 128 valence electrons. The Morgan fingerprint density at radius 3 is 2.58 bits per heavy atom. The zero-order valence-corrected chi connectivity index (χ0v) is 15.7. The van der Waals surface area contributed by atoms with E-state index in [1.807, 2.05) is 54.6 Å². The Morgan fingerprint density at radius 2 is 1.88 bits per heavy atom. The van der Waals surface area contributed by atoms with Crippen molar-refractivity contribution in [2.24, 2.45) is 0 Å². The largest absolute Gasteiger partial charge is 0.307 e. The van der Waals surface area contributed by atoms with E-state index in [9.17, 15) is 4.79 Å². The van der Waals surface area contributed by atoms with Crippen LogP contribution in [0.2, 0.25) is 0 Å². The van der Waals surface area contributed by atoms with Crippen molar-refractivity contribution in [1.29, 1.82) is 0 Å². The van der Waals surface area contributed by atoms with E-state index in [0.29, 0.717) is 9.23 Å². The first kappa shape index (κ1) is 16.9. The lowest BCUT2D eigenvalue weighted by Gasteiger charge is -2.09. The summed E-state index contributed by atoms with van der Waals surface area (Å²) in [6.45, 7) is 2.08. The van der Waals surface area contributed by atoms with E-state index in [1.165, 1.54) is 11.8 Å². The Kier molecular flexibility index (Phi) is 4.53. The zero-order valence-electron chi connectivity index (χ0n) is 14.0. The second-order valence-electron chi connectivity index (χ2n) is 5.84. The molecule has 0 spiro atoms. The van der Waals surface area contributed by atoms with Crippen molar-refractivity contribution in [3.8, 4) is 11.3 Å². The van der Waals surface area contributed by atoms with E-state index in [4.69, 9.17) is 22.2 Å². The quantitative estimate of drug-likeness (QED) is 0.543. The van der Waals surface area contributed by atoms with Crippen LogP contribution in [0.25, 0.3) is 28.4 Å². The van der Waals surface area contributed by atoms with Gasteiger partial charge in [0.05, 0.1) is 27.3 Å². The second-order valence-corrected chi connectivity index (χ2v) is 7.56. The van der Waals surface area contributed by atoms with Crippen LogP contribution in [0, 0.1) is 0 Å². The van der Waals surface area contributed by atoms with Crippen molar-refractivity contribution in [2.75, 3.05) is 0 Å². The van der Waals surface area contributed by atoms with Gasteiger partial charge in [0.1, 0.15) is 4.32 Å².